The number of hydrogen-bond donors (Lipinski definition) is 1. The highest BCUT2D eigenvalue weighted by Crippen LogP contribution is 2.09. The maximum absolute atomic E-state index is 11.5. The third-order valence-corrected chi connectivity index (χ3v) is 2.52. The van der Waals surface area contributed by atoms with Crippen LogP contribution in [0.1, 0.15) is 13.3 Å². The molecule has 0 bridgehead atoms. The smallest absolute Gasteiger partial charge is 0.307 e. The third kappa shape index (κ3) is 6.16. The normalized spacial score (nSPS) is 12.9. The molecule has 0 fully saturated rings. The van der Waals surface area contributed by atoms with Crippen LogP contribution in [0.25, 0.3) is 0 Å². The average Bonchev–Trinajstić information content (AvgIpc) is 1.97. The number of carboxylic acids is 1. The maximum Gasteiger partial charge on any atom is 0.307 e. The van der Waals surface area contributed by atoms with E-state index in [2.05, 4.69) is 0 Å². The van der Waals surface area contributed by atoms with E-state index in [-0.39, 0.29) is 12.6 Å². The van der Waals surface area contributed by atoms with Crippen LogP contribution in [-0.4, -0.2) is 29.3 Å². The second kappa shape index (κ2) is 6.46. The van der Waals surface area contributed by atoms with Gasteiger partial charge in [0.25, 0.3) is 0 Å². The standard InChI is InChI=1S/C7H13FO2S/c1-6(7(9)10)5-11-4-2-3-8/h6H,2-5H2,1H3,(H,9,10). The Morgan fingerprint density at radius 3 is 2.82 bits per heavy atom. The zero-order valence-corrected chi connectivity index (χ0v) is 7.36. The number of carbonyl (C=O) groups is 1. The lowest BCUT2D eigenvalue weighted by molar-refractivity contribution is -0.140. The van der Waals surface area contributed by atoms with Gasteiger partial charge >= 0.3 is 5.97 Å². The average molecular weight is 180 g/mol. The van der Waals surface area contributed by atoms with Gasteiger partial charge in [-0.2, -0.15) is 11.8 Å². The van der Waals surface area contributed by atoms with Crippen molar-refractivity contribution in [2.24, 2.45) is 5.92 Å². The first-order valence-electron chi connectivity index (χ1n) is 3.55. The maximum atomic E-state index is 11.5. The number of thioether (sulfide) groups is 1. The van der Waals surface area contributed by atoms with E-state index in [1.807, 2.05) is 0 Å². The fraction of sp³-hybridized carbons (Fsp3) is 0.857. The van der Waals surface area contributed by atoms with Gasteiger partial charge in [-0.15, -0.1) is 0 Å². The fourth-order valence-corrected chi connectivity index (χ4v) is 1.46. The molecule has 0 aromatic heterocycles. The van der Waals surface area contributed by atoms with Crippen LogP contribution >= 0.6 is 11.8 Å². The number of aliphatic carboxylic acids is 1. The molecule has 0 aliphatic rings. The van der Waals surface area contributed by atoms with Gasteiger partial charge in [-0.1, -0.05) is 6.92 Å². The van der Waals surface area contributed by atoms with E-state index in [4.69, 9.17) is 5.11 Å². The minimum Gasteiger partial charge on any atom is -0.481 e. The molecule has 0 saturated carbocycles. The monoisotopic (exact) mass is 180 g/mol. The van der Waals surface area contributed by atoms with Gasteiger partial charge in [-0.25, -0.2) is 0 Å². The van der Waals surface area contributed by atoms with Crippen LogP contribution in [0, 0.1) is 5.92 Å². The van der Waals surface area contributed by atoms with Gasteiger partial charge in [-0.05, 0) is 12.2 Å². The molecule has 11 heavy (non-hydrogen) atoms. The van der Waals surface area contributed by atoms with Crippen LogP contribution in [-0.2, 0) is 4.79 Å². The predicted molar refractivity (Wildman–Crippen MR) is 44.7 cm³/mol. The SMILES string of the molecule is CC(CSCCCF)C(=O)O. The van der Waals surface area contributed by atoms with Gasteiger partial charge < -0.3 is 5.11 Å². The number of halogens is 1. The van der Waals surface area contributed by atoms with Crippen molar-refractivity contribution in [1.82, 2.24) is 0 Å². The summed E-state index contributed by atoms with van der Waals surface area (Å²) in [5, 5.41) is 8.45. The second-order valence-corrected chi connectivity index (χ2v) is 3.51. The molecule has 0 heterocycles. The Hall–Kier alpha value is -0.250. The summed E-state index contributed by atoms with van der Waals surface area (Å²) in [4.78, 5) is 10.3. The minimum absolute atomic E-state index is 0.311. The lowest BCUT2D eigenvalue weighted by Crippen LogP contribution is -2.12. The van der Waals surface area contributed by atoms with E-state index in [1.54, 1.807) is 6.92 Å². The molecule has 1 atom stereocenters. The molecule has 0 saturated heterocycles. The van der Waals surface area contributed by atoms with Crippen LogP contribution in [0.2, 0.25) is 0 Å². The molecular formula is C7H13FO2S. The molecule has 4 heteroatoms. The van der Waals surface area contributed by atoms with Crippen molar-refractivity contribution in [2.45, 2.75) is 13.3 Å². The highest BCUT2D eigenvalue weighted by atomic mass is 32.2. The number of carboxylic acid groups (broad SMARTS) is 1. The molecule has 1 unspecified atom stereocenters. The Labute approximate surface area is 70.2 Å². The van der Waals surface area contributed by atoms with Crippen molar-refractivity contribution in [3.05, 3.63) is 0 Å². The van der Waals surface area contributed by atoms with Crippen LogP contribution in [0.5, 0.6) is 0 Å². The number of alkyl halides is 1. The van der Waals surface area contributed by atoms with E-state index in [0.29, 0.717) is 17.9 Å². The summed E-state index contributed by atoms with van der Waals surface area (Å²) >= 11 is 1.49. The van der Waals surface area contributed by atoms with Crippen LogP contribution in [0.4, 0.5) is 4.39 Å². The summed E-state index contributed by atoms with van der Waals surface area (Å²) in [7, 11) is 0. The molecule has 0 aromatic rings. The Morgan fingerprint density at radius 1 is 1.73 bits per heavy atom. The molecule has 66 valence electrons. The van der Waals surface area contributed by atoms with E-state index < -0.39 is 5.97 Å². The quantitative estimate of drug-likeness (QED) is 0.633. The Morgan fingerprint density at radius 2 is 2.36 bits per heavy atom. The Kier molecular flexibility index (Phi) is 6.31. The molecule has 0 rings (SSSR count). The Bertz CT molecular complexity index is 119. The molecule has 0 aliphatic heterocycles. The zero-order chi connectivity index (χ0) is 8.69. The lowest BCUT2D eigenvalue weighted by atomic mass is 10.2. The topological polar surface area (TPSA) is 37.3 Å². The first-order valence-corrected chi connectivity index (χ1v) is 4.70. The molecule has 0 radical (unpaired) electrons. The Balaban J connectivity index is 3.17. The predicted octanol–water partition coefficient (Wildman–Crippen LogP) is 1.80. The molecule has 0 amide bonds. The van der Waals surface area contributed by atoms with Crippen molar-refractivity contribution in [1.29, 1.82) is 0 Å². The van der Waals surface area contributed by atoms with Gasteiger partial charge in [0, 0.05) is 5.75 Å². The summed E-state index contributed by atoms with van der Waals surface area (Å²) in [6.07, 6.45) is 0.525. The summed E-state index contributed by atoms with van der Waals surface area (Å²) in [6.45, 7) is 1.35. The number of hydrogen-bond acceptors (Lipinski definition) is 2. The highest BCUT2D eigenvalue weighted by Gasteiger charge is 2.09. The molecular weight excluding hydrogens is 167 g/mol. The van der Waals surface area contributed by atoms with Crippen molar-refractivity contribution >= 4 is 17.7 Å². The molecule has 2 nitrogen and oxygen atoms in total. The largest absolute Gasteiger partial charge is 0.481 e. The molecule has 1 N–H and O–H groups in total. The highest BCUT2D eigenvalue weighted by molar-refractivity contribution is 7.99. The first-order chi connectivity index (χ1) is 5.18. The van der Waals surface area contributed by atoms with Crippen LogP contribution in [0.15, 0.2) is 0 Å². The summed E-state index contributed by atoms with van der Waals surface area (Å²) < 4.78 is 11.5. The van der Waals surface area contributed by atoms with Crippen LogP contribution < -0.4 is 0 Å². The van der Waals surface area contributed by atoms with E-state index in [1.165, 1.54) is 11.8 Å². The van der Waals surface area contributed by atoms with Gasteiger partial charge in [0.2, 0.25) is 0 Å². The van der Waals surface area contributed by atoms with Crippen molar-refractivity contribution < 1.29 is 14.3 Å². The van der Waals surface area contributed by atoms with Gasteiger partial charge in [0.1, 0.15) is 0 Å². The summed E-state index contributed by atoms with van der Waals surface area (Å²) in [6, 6.07) is 0. The van der Waals surface area contributed by atoms with Gasteiger partial charge in [0.15, 0.2) is 0 Å². The number of rotatable bonds is 6. The third-order valence-electron chi connectivity index (χ3n) is 1.21. The second-order valence-electron chi connectivity index (χ2n) is 2.36. The van der Waals surface area contributed by atoms with Crippen molar-refractivity contribution in [3.8, 4) is 0 Å². The van der Waals surface area contributed by atoms with Crippen molar-refractivity contribution in [2.75, 3.05) is 18.2 Å². The van der Waals surface area contributed by atoms with Gasteiger partial charge in [-0.3, -0.25) is 9.18 Å². The molecule has 0 spiro atoms. The lowest BCUT2D eigenvalue weighted by Gasteiger charge is -2.03. The minimum atomic E-state index is -0.780. The zero-order valence-electron chi connectivity index (χ0n) is 6.55. The van der Waals surface area contributed by atoms with Gasteiger partial charge in [0.05, 0.1) is 12.6 Å². The summed E-state index contributed by atoms with van der Waals surface area (Å²) in [5.41, 5.74) is 0. The van der Waals surface area contributed by atoms with E-state index in [0.717, 1.165) is 0 Å². The fourth-order valence-electron chi connectivity index (χ4n) is 0.488. The molecule has 0 aliphatic carbocycles. The van der Waals surface area contributed by atoms with Crippen molar-refractivity contribution in [3.63, 3.8) is 0 Å². The first kappa shape index (κ1) is 10.8. The van der Waals surface area contributed by atoms with Crippen LogP contribution in [0.3, 0.4) is 0 Å². The molecule has 0 aromatic carbocycles. The summed E-state index contributed by atoms with van der Waals surface area (Å²) in [5.74, 6) is 0.195. The van der Waals surface area contributed by atoms with E-state index in [9.17, 15) is 9.18 Å². The van der Waals surface area contributed by atoms with E-state index >= 15 is 0 Å².